The van der Waals surface area contributed by atoms with E-state index in [1.807, 2.05) is 25.1 Å². The van der Waals surface area contributed by atoms with E-state index in [1.165, 1.54) is 12.1 Å². The average molecular weight is 408 g/mol. The largest absolute Gasteiger partial charge is 0.457 e. The lowest BCUT2D eigenvalue weighted by Gasteiger charge is -2.45. The van der Waals surface area contributed by atoms with Gasteiger partial charge in [0.05, 0.1) is 16.7 Å². The Labute approximate surface area is 174 Å². The van der Waals surface area contributed by atoms with Crippen molar-refractivity contribution < 1.29 is 9.66 Å². The summed E-state index contributed by atoms with van der Waals surface area (Å²) in [5, 5.41) is 11.6. The van der Waals surface area contributed by atoms with E-state index in [1.54, 1.807) is 17.0 Å². The maximum absolute atomic E-state index is 11.6. The molecule has 0 unspecified atom stereocenters. The Morgan fingerprint density at radius 1 is 1.10 bits per heavy atom. The first kappa shape index (κ1) is 19.7. The number of guanidine groups is 2. The number of aliphatic imine (C=N–C) groups is 2. The molecule has 4 rings (SSSR count). The Balaban J connectivity index is 1.79. The molecule has 1 saturated carbocycles. The van der Waals surface area contributed by atoms with Gasteiger partial charge >= 0.3 is 0 Å². The Hall–Kier alpha value is -3.62. The number of non-ortho nitro benzene ring substituents is 1. The number of hydrogen-bond donors (Lipinski definition) is 2. The van der Waals surface area contributed by atoms with Gasteiger partial charge in [-0.05, 0) is 50.3 Å². The molecular weight excluding hydrogens is 384 g/mol. The number of nitrogens with zero attached hydrogens (tertiary/aromatic N) is 4. The summed E-state index contributed by atoms with van der Waals surface area (Å²) in [5.74, 6) is 1.24. The van der Waals surface area contributed by atoms with Crippen LogP contribution in [-0.2, 0) is 0 Å². The normalized spacial score (nSPS) is 18.0. The predicted molar refractivity (Wildman–Crippen MR) is 116 cm³/mol. The monoisotopic (exact) mass is 408 g/mol. The SMILES string of the molecule is Cc1cccc(Oc2cc(N3C(N)=NC(N)=NC34CCCCC4)cc([N+](=O)[O-])c2)c1. The van der Waals surface area contributed by atoms with Gasteiger partial charge in [0.15, 0.2) is 0 Å². The lowest BCUT2D eigenvalue weighted by molar-refractivity contribution is -0.384. The van der Waals surface area contributed by atoms with Crippen molar-refractivity contribution in [1.29, 1.82) is 0 Å². The molecule has 0 radical (unpaired) electrons. The van der Waals surface area contributed by atoms with E-state index in [0.717, 1.165) is 37.7 Å². The Morgan fingerprint density at radius 3 is 2.57 bits per heavy atom. The summed E-state index contributed by atoms with van der Waals surface area (Å²) in [5.41, 5.74) is 12.9. The first-order chi connectivity index (χ1) is 14.4. The van der Waals surface area contributed by atoms with Gasteiger partial charge in [-0.25, -0.2) is 4.99 Å². The standard InChI is InChI=1S/C21H24N6O3/c1-14-6-5-7-17(10-14)30-18-12-15(11-16(13-18)27(28)29)26-20(23)24-19(22)25-21(26)8-3-2-4-9-21/h5-7,10-13H,2-4,8-9H2,1H3,(H4,22,23,24,25). The predicted octanol–water partition coefficient (Wildman–Crippen LogP) is 3.81. The summed E-state index contributed by atoms with van der Waals surface area (Å²) in [6.45, 7) is 1.95. The van der Waals surface area contributed by atoms with Gasteiger partial charge in [-0.1, -0.05) is 18.6 Å². The zero-order chi connectivity index (χ0) is 21.3. The van der Waals surface area contributed by atoms with Crippen LogP contribution in [0.25, 0.3) is 0 Å². The number of ether oxygens (including phenoxy) is 1. The van der Waals surface area contributed by atoms with Crippen molar-refractivity contribution in [2.75, 3.05) is 4.90 Å². The van der Waals surface area contributed by atoms with E-state index in [9.17, 15) is 10.1 Å². The van der Waals surface area contributed by atoms with E-state index in [4.69, 9.17) is 16.2 Å². The van der Waals surface area contributed by atoms with E-state index >= 15 is 0 Å². The minimum atomic E-state index is -0.690. The fraction of sp³-hybridized carbons (Fsp3) is 0.333. The van der Waals surface area contributed by atoms with Crippen molar-refractivity contribution in [3.8, 4) is 11.5 Å². The second kappa shape index (κ2) is 7.66. The van der Waals surface area contributed by atoms with Crippen LogP contribution >= 0.6 is 0 Å². The first-order valence-electron chi connectivity index (χ1n) is 9.90. The minimum Gasteiger partial charge on any atom is -0.457 e. The minimum absolute atomic E-state index is 0.101. The topological polar surface area (TPSA) is 132 Å². The van der Waals surface area contributed by atoms with E-state index in [0.29, 0.717) is 17.2 Å². The summed E-state index contributed by atoms with van der Waals surface area (Å²) < 4.78 is 5.94. The van der Waals surface area contributed by atoms with Crippen molar-refractivity contribution >= 4 is 23.3 Å². The molecule has 1 spiro atoms. The van der Waals surface area contributed by atoms with Gasteiger partial charge in [-0.2, -0.15) is 4.99 Å². The molecule has 9 nitrogen and oxygen atoms in total. The quantitative estimate of drug-likeness (QED) is 0.584. The summed E-state index contributed by atoms with van der Waals surface area (Å²) in [7, 11) is 0. The lowest BCUT2D eigenvalue weighted by atomic mass is 9.87. The average Bonchev–Trinajstić information content (AvgIpc) is 2.67. The van der Waals surface area contributed by atoms with E-state index in [-0.39, 0.29) is 17.6 Å². The van der Waals surface area contributed by atoms with Crippen LogP contribution in [0.1, 0.15) is 37.7 Å². The molecule has 0 aromatic heterocycles. The van der Waals surface area contributed by atoms with E-state index < -0.39 is 10.6 Å². The third-order valence-corrected chi connectivity index (χ3v) is 5.42. The van der Waals surface area contributed by atoms with Crippen molar-refractivity contribution in [3.05, 3.63) is 58.1 Å². The maximum Gasteiger partial charge on any atom is 0.275 e. The van der Waals surface area contributed by atoms with Crippen LogP contribution in [-0.4, -0.2) is 22.5 Å². The number of rotatable bonds is 4. The smallest absolute Gasteiger partial charge is 0.275 e. The second-order valence-corrected chi connectivity index (χ2v) is 7.68. The van der Waals surface area contributed by atoms with Crippen LogP contribution in [0.3, 0.4) is 0 Å². The molecule has 1 aliphatic heterocycles. The summed E-state index contributed by atoms with van der Waals surface area (Å²) in [6.07, 6.45) is 4.49. The van der Waals surface area contributed by atoms with Crippen LogP contribution < -0.4 is 21.1 Å². The molecule has 2 aliphatic rings. The summed E-state index contributed by atoms with van der Waals surface area (Å²) >= 11 is 0. The maximum atomic E-state index is 11.6. The number of nitro groups is 1. The highest BCUT2D eigenvalue weighted by molar-refractivity contribution is 6.05. The molecule has 9 heteroatoms. The molecule has 1 aliphatic carbocycles. The van der Waals surface area contributed by atoms with Crippen LogP contribution in [0.15, 0.2) is 52.4 Å². The second-order valence-electron chi connectivity index (χ2n) is 7.68. The van der Waals surface area contributed by atoms with Crippen molar-refractivity contribution in [2.24, 2.45) is 21.5 Å². The summed E-state index contributed by atoms with van der Waals surface area (Å²) in [4.78, 5) is 21.7. The van der Waals surface area contributed by atoms with Crippen LogP contribution in [0.2, 0.25) is 0 Å². The van der Waals surface area contributed by atoms with Gasteiger partial charge < -0.3 is 16.2 Å². The van der Waals surface area contributed by atoms with Gasteiger partial charge in [-0.15, -0.1) is 0 Å². The Bertz CT molecular complexity index is 1040. The molecule has 0 saturated heterocycles. The third kappa shape index (κ3) is 3.78. The Morgan fingerprint density at radius 2 is 1.87 bits per heavy atom. The van der Waals surface area contributed by atoms with Crippen LogP contribution in [0.4, 0.5) is 11.4 Å². The molecule has 0 amide bonds. The number of benzene rings is 2. The molecule has 4 N–H and O–H groups in total. The van der Waals surface area contributed by atoms with Gasteiger partial charge in [0.2, 0.25) is 11.9 Å². The first-order valence-corrected chi connectivity index (χ1v) is 9.90. The lowest BCUT2D eigenvalue weighted by Crippen LogP contribution is -2.58. The molecule has 1 heterocycles. The van der Waals surface area contributed by atoms with Crippen molar-refractivity contribution in [2.45, 2.75) is 44.7 Å². The fourth-order valence-corrected chi connectivity index (χ4v) is 4.17. The molecule has 30 heavy (non-hydrogen) atoms. The van der Waals surface area contributed by atoms with Crippen molar-refractivity contribution in [3.63, 3.8) is 0 Å². The summed E-state index contributed by atoms with van der Waals surface area (Å²) in [6, 6.07) is 12.1. The van der Waals surface area contributed by atoms with E-state index in [2.05, 4.69) is 9.98 Å². The Kier molecular flexibility index (Phi) is 5.03. The van der Waals surface area contributed by atoms with Gasteiger partial charge in [0.1, 0.15) is 17.2 Å². The molecule has 156 valence electrons. The fourth-order valence-electron chi connectivity index (χ4n) is 4.17. The number of nitro benzene ring substituents is 1. The third-order valence-electron chi connectivity index (χ3n) is 5.42. The molecule has 0 atom stereocenters. The molecule has 2 aromatic rings. The molecular formula is C21H24N6O3. The highest BCUT2D eigenvalue weighted by Gasteiger charge is 2.43. The van der Waals surface area contributed by atoms with Crippen LogP contribution in [0.5, 0.6) is 11.5 Å². The number of hydrogen-bond acceptors (Lipinski definition) is 8. The zero-order valence-corrected chi connectivity index (χ0v) is 16.7. The molecule has 2 aromatic carbocycles. The highest BCUT2D eigenvalue weighted by Crippen LogP contribution is 2.42. The number of aryl methyl sites for hydroxylation is 1. The number of anilines is 1. The highest BCUT2D eigenvalue weighted by atomic mass is 16.6. The van der Waals surface area contributed by atoms with Crippen LogP contribution in [0, 0.1) is 17.0 Å². The molecule has 1 fully saturated rings. The van der Waals surface area contributed by atoms with Crippen molar-refractivity contribution in [1.82, 2.24) is 0 Å². The number of nitrogens with two attached hydrogens (primary N) is 2. The molecule has 0 bridgehead atoms. The van der Waals surface area contributed by atoms with Gasteiger partial charge in [0, 0.05) is 12.1 Å². The van der Waals surface area contributed by atoms with Gasteiger partial charge in [-0.3, -0.25) is 15.0 Å². The van der Waals surface area contributed by atoms with Gasteiger partial charge in [0.25, 0.3) is 5.69 Å². The zero-order valence-electron chi connectivity index (χ0n) is 16.7.